The summed E-state index contributed by atoms with van der Waals surface area (Å²) in [6.07, 6.45) is 5.92. The van der Waals surface area contributed by atoms with Gasteiger partial charge < -0.3 is 0 Å². The fourth-order valence-corrected chi connectivity index (χ4v) is 2.39. The molecule has 2 amide bonds. The Labute approximate surface area is 110 Å². The molecule has 4 heteroatoms. The maximum atomic E-state index is 12.3. The van der Waals surface area contributed by atoms with Crippen LogP contribution in [0.3, 0.4) is 0 Å². The molecule has 0 aromatic heterocycles. The van der Waals surface area contributed by atoms with E-state index < -0.39 is 5.54 Å². The van der Waals surface area contributed by atoms with Crippen LogP contribution in [0.4, 0.5) is 0 Å². The quantitative estimate of drug-likeness (QED) is 0.716. The minimum Gasteiger partial charge on any atom is -0.290 e. The number of hydrogen-bond acceptors (Lipinski definition) is 3. The molecule has 2 aliphatic rings. The molecule has 0 N–H and O–H groups in total. The third kappa shape index (κ3) is 1.57. The second-order valence-corrected chi connectivity index (χ2v) is 4.79. The summed E-state index contributed by atoms with van der Waals surface area (Å²) in [7, 11) is 0. The first-order chi connectivity index (χ1) is 9.03. The highest BCUT2D eigenvalue weighted by Crippen LogP contribution is 2.32. The lowest BCUT2D eigenvalue weighted by Gasteiger charge is -2.33. The summed E-state index contributed by atoms with van der Waals surface area (Å²) in [5, 5.41) is 0. The highest BCUT2D eigenvalue weighted by Gasteiger charge is 2.44. The number of amides is 2. The van der Waals surface area contributed by atoms with Gasteiger partial charge in [0, 0.05) is 0 Å². The van der Waals surface area contributed by atoms with E-state index in [9.17, 15) is 14.4 Å². The Morgan fingerprint density at radius 1 is 0.895 bits per heavy atom. The summed E-state index contributed by atoms with van der Waals surface area (Å²) >= 11 is 0. The Balaban J connectivity index is 2.08. The Bertz CT molecular complexity index is 619. The van der Waals surface area contributed by atoms with Gasteiger partial charge in [-0.2, -0.15) is 0 Å². The number of allylic oxidation sites excluding steroid dienone is 2. The van der Waals surface area contributed by atoms with E-state index in [1.54, 1.807) is 43.3 Å². The number of rotatable bonds is 1. The van der Waals surface area contributed by atoms with Crippen molar-refractivity contribution in [2.75, 3.05) is 0 Å². The molecule has 0 radical (unpaired) electrons. The molecule has 1 aromatic rings. The van der Waals surface area contributed by atoms with Crippen molar-refractivity contribution in [1.82, 2.24) is 4.90 Å². The smallest absolute Gasteiger partial charge is 0.262 e. The van der Waals surface area contributed by atoms with Crippen molar-refractivity contribution < 1.29 is 14.4 Å². The van der Waals surface area contributed by atoms with E-state index in [4.69, 9.17) is 0 Å². The Kier molecular flexibility index (Phi) is 2.29. The van der Waals surface area contributed by atoms with Crippen molar-refractivity contribution in [3.8, 4) is 0 Å². The van der Waals surface area contributed by atoms with Gasteiger partial charge in [0.2, 0.25) is 0 Å². The fourth-order valence-electron chi connectivity index (χ4n) is 2.39. The van der Waals surface area contributed by atoms with Gasteiger partial charge in [-0.15, -0.1) is 0 Å². The van der Waals surface area contributed by atoms with Gasteiger partial charge in [-0.25, -0.2) is 0 Å². The molecule has 0 atom stereocenters. The van der Waals surface area contributed by atoms with Gasteiger partial charge in [0.15, 0.2) is 5.78 Å². The van der Waals surface area contributed by atoms with Gasteiger partial charge in [0.05, 0.1) is 16.7 Å². The molecule has 0 saturated heterocycles. The second-order valence-electron chi connectivity index (χ2n) is 4.79. The number of fused-ring (bicyclic) bond motifs is 1. The van der Waals surface area contributed by atoms with E-state index in [1.807, 2.05) is 0 Å². The lowest BCUT2D eigenvalue weighted by molar-refractivity contribution is -0.110. The first-order valence-corrected chi connectivity index (χ1v) is 5.93. The zero-order valence-electron chi connectivity index (χ0n) is 10.3. The normalized spacial score (nSPS) is 20.1. The summed E-state index contributed by atoms with van der Waals surface area (Å²) in [6, 6.07) is 6.73. The van der Waals surface area contributed by atoms with E-state index in [-0.39, 0.29) is 17.6 Å². The van der Waals surface area contributed by atoms with Gasteiger partial charge in [0.1, 0.15) is 0 Å². The Morgan fingerprint density at radius 3 is 1.84 bits per heavy atom. The molecule has 1 aliphatic heterocycles. The molecule has 0 unspecified atom stereocenters. The topological polar surface area (TPSA) is 54.5 Å². The molecule has 4 nitrogen and oxygen atoms in total. The molecule has 19 heavy (non-hydrogen) atoms. The van der Waals surface area contributed by atoms with Crippen molar-refractivity contribution >= 4 is 17.6 Å². The monoisotopic (exact) mass is 253 g/mol. The zero-order valence-corrected chi connectivity index (χ0v) is 10.3. The van der Waals surface area contributed by atoms with Gasteiger partial charge in [-0.1, -0.05) is 24.3 Å². The largest absolute Gasteiger partial charge is 0.290 e. The highest BCUT2D eigenvalue weighted by atomic mass is 16.2. The summed E-state index contributed by atoms with van der Waals surface area (Å²) in [4.78, 5) is 37.1. The molecule has 1 heterocycles. The fraction of sp³-hybridized carbons (Fsp3) is 0.133. The third-order valence-corrected chi connectivity index (χ3v) is 3.45. The van der Waals surface area contributed by atoms with Crippen LogP contribution < -0.4 is 0 Å². The molecular weight excluding hydrogens is 242 g/mol. The van der Waals surface area contributed by atoms with Gasteiger partial charge in [-0.05, 0) is 31.2 Å². The lowest BCUT2D eigenvalue weighted by atomic mass is 9.94. The minimum atomic E-state index is -0.888. The van der Waals surface area contributed by atoms with Crippen LogP contribution in [0, 0.1) is 0 Å². The predicted molar refractivity (Wildman–Crippen MR) is 68.6 cm³/mol. The SMILES string of the molecule is CC1(N2C(=O)c3ccccc3C2=O)C=CC(=O)C=C1. The number of ketones is 1. The average molecular weight is 253 g/mol. The highest BCUT2D eigenvalue weighted by molar-refractivity contribution is 6.22. The van der Waals surface area contributed by atoms with E-state index >= 15 is 0 Å². The molecule has 0 bridgehead atoms. The standard InChI is InChI=1S/C15H11NO3/c1-15(8-6-10(17)7-9-15)16-13(18)11-4-2-3-5-12(11)14(16)19/h2-9H,1H3. The van der Waals surface area contributed by atoms with Gasteiger partial charge in [-0.3, -0.25) is 19.3 Å². The van der Waals surface area contributed by atoms with Crippen LogP contribution in [-0.4, -0.2) is 28.0 Å². The summed E-state index contributed by atoms with van der Waals surface area (Å²) in [6.45, 7) is 1.73. The van der Waals surface area contributed by atoms with Crippen LogP contribution in [0.1, 0.15) is 27.6 Å². The van der Waals surface area contributed by atoms with Crippen LogP contribution in [0.5, 0.6) is 0 Å². The van der Waals surface area contributed by atoms with E-state index in [0.717, 1.165) is 0 Å². The van der Waals surface area contributed by atoms with Crippen LogP contribution in [-0.2, 0) is 4.79 Å². The second kappa shape index (κ2) is 3.75. The number of benzene rings is 1. The van der Waals surface area contributed by atoms with E-state index in [2.05, 4.69) is 0 Å². The minimum absolute atomic E-state index is 0.144. The van der Waals surface area contributed by atoms with Gasteiger partial charge in [0.25, 0.3) is 11.8 Å². The van der Waals surface area contributed by atoms with Crippen LogP contribution in [0.2, 0.25) is 0 Å². The molecular formula is C15H11NO3. The summed E-state index contributed by atoms with van der Waals surface area (Å²) < 4.78 is 0. The number of carbonyl (C=O) groups is 3. The first-order valence-electron chi connectivity index (χ1n) is 5.93. The van der Waals surface area contributed by atoms with E-state index in [1.165, 1.54) is 17.1 Å². The van der Waals surface area contributed by atoms with Crippen molar-refractivity contribution in [2.45, 2.75) is 12.5 Å². The molecule has 3 rings (SSSR count). The Morgan fingerprint density at radius 2 is 1.37 bits per heavy atom. The van der Waals surface area contributed by atoms with E-state index in [0.29, 0.717) is 11.1 Å². The summed E-state index contributed by atoms with van der Waals surface area (Å²) in [5.74, 6) is -0.799. The molecule has 0 fully saturated rings. The van der Waals surface area contributed by atoms with Crippen molar-refractivity contribution in [3.63, 3.8) is 0 Å². The first kappa shape index (κ1) is 11.6. The maximum absolute atomic E-state index is 12.3. The average Bonchev–Trinajstić information content (AvgIpc) is 2.67. The van der Waals surface area contributed by atoms with Crippen molar-refractivity contribution in [2.24, 2.45) is 0 Å². The molecule has 0 saturated carbocycles. The number of carbonyl (C=O) groups excluding carboxylic acids is 3. The molecule has 1 aromatic carbocycles. The summed E-state index contributed by atoms with van der Waals surface area (Å²) in [5.41, 5.74) is -0.0685. The third-order valence-electron chi connectivity index (χ3n) is 3.45. The van der Waals surface area contributed by atoms with Gasteiger partial charge >= 0.3 is 0 Å². The lowest BCUT2D eigenvalue weighted by Crippen LogP contribution is -2.47. The molecule has 94 valence electrons. The van der Waals surface area contributed by atoms with Crippen LogP contribution in [0.25, 0.3) is 0 Å². The molecule has 0 spiro atoms. The number of nitrogens with zero attached hydrogens (tertiary/aromatic N) is 1. The van der Waals surface area contributed by atoms with Crippen molar-refractivity contribution in [1.29, 1.82) is 0 Å². The number of hydrogen-bond donors (Lipinski definition) is 0. The Hall–Kier alpha value is -2.49. The van der Waals surface area contributed by atoms with Crippen LogP contribution in [0.15, 0.2) is 48.6 Å². The van der Waals surface area contributed by atoms with Crippen molar-refractivity contribution in [3.05, 3.63) is 59.7 Å². The zero-order chi connectivity index (χ0) is 13.6. The predicted octanol–water partition coefficient (Wildman–Crippen LogP) is 1.74. The van der Waals surface area contributed by atoms with Crippen LogP contribution >= 0.6 is 0 Å². The maximum Gasteiger partial charge on any atom is 0.262 e. The molecule has 1 aliphatic carbocycles. The number of imide groups is 1.